The molecule has 3 heteroatoms. The normalized spacial score (nSPS) is 29.7. The van der Waals surface area contributed by atoms with Gasteiger partial charge in [0.05, 0.1) is 14.2 Å². The van der Waals surface area contributed by atoms with Crippen molar-refractivity contribution in [2.24, 2.45) is 11.3 Å². The van der Waals surface area contributed by atoms with Gasteiger partial charge < -0.3 is 13.9 Å². The summed E-state index contributed by atoms with van der Waals surface area (Å²) in [5, 5.41) is 1.24. The highest BCUT2D eigenvalue weighted by molar-refractivity contribution is 5.90. The summed E-state index contributed by atoms with van der Waals surface area (Å²) in [5.74, 6) is 3.91. The van der Waals surface area contributed by atoms with Crippen molar-refractivity contribution in [1.29, 1.82) is 0 Å². The Morgan fingerprint density at radius 2 is 1.81 bits per heavy atom. The summed E-state index contributed by atoms with van der Waals surface area (Å²) in [6.07, 6.45) is 6.32. The van der Waals surface area contributed by atoms with Crippen molar-refractivity contribution >= 4 is 11.0 Å². The van der Waals surface area contributed by atoms with Crippen LogP contribution in [-0.2, 0) is 5.41 Å². The topological polar surface area (TPSA) is 31.6 Å². The highest BCUT2D eigenvalue weighted by Crippen LogP contribution is 2.60. The van der Waals surface area contributed by atoms with Crippen molar-refractivity contribution in [3.8, 4) is 11.5 Å². The fourth-order valence-corrected chi connectivity index (χ4v) is 6.38. The lowest BCUT2D eigenvalue weighted by molar-refractivity contribution is 0.0504. The lowest BCUT2D eigenvalue weighted by atomic mass is 9.53. The molecule has 2 aromatic rings. The van der Waals surface area contributed by atoms with Crippen molar-refractivity contribution in [3.63, 3.8) is 0 Å². The van der Waals surface area contributed by atoms with E-state index >= 15 is 0 Å². The Morgan fingerprint density at radius 3 is 2.48 bits per heavy atom. The van der Waals surface area contributed by atoms with Crippen LogP contribution in [0.2, 0.25) is 0 Å². The second-order valence-electron chi connectivity index (χ2n) is 9.75. The van der Waals surface area contributed by atoms with Crippen LogP contribution >= 0.6 is 0 Å². The number of hydrogen-bond acceptors (Lipinski definition) is 3. The van der Waals surface area contributed by atoms with Gasteiger partial charge in [0.2, 0.25) is 0 Å². The Morgan fingerprint density at radius 1 is 1.07 bits per heavy atom. The number of methoxy groups -OCH3 is 2. The summed E-state index contributed by atoms with van der Waals surface area (Å²) < 4.78 is 17.9. The maximum atomic E-state index is 6.60. The second-order valence-corrected chi connectivity index (χ2v) is 9.75. The third-order valence-corrected chi connectivity index (χ3v) is 7.71. The maximum absolute atomic E-state index is 6.60. The Balaban J connectivity index is 2.06. The van der Waals surface area contributed by atoms with Crippen molar-refractivity contribution in [1.82, 2.24) is 0 Å². The molecule has 1 aromatic carbocycles. The molecule has 0 spiro atoms. The highest BCUT2D eigenvalue weighted by Gasteiger charge is 2.51. The zero-order valence-electron chi connectivity index (χ0n) is 18.0. The van der Waals surface area contributed by atoms with Gasteiger partial charge in [-0.05, 0) is 55.4 Å². The number of fused-ring (bicyclic) bond motifs is 5. The number of benzene rings is 1. The molecule has 4 rings (SSSR count). The molecule has 27 heavy (non-hydrogen) atoms. The molecule has 3 atom stereocenters. The molecule has 3 nitrogen and oxygen atoms in total. The van der Waals surface area contributed by atoms with Crippen LogP contribution in [0.15, 0.2) is 10.5 Å². The monoisotopic (exact) mass is 370 g/mol. The molecule has 148 valence electrons. The standard InChI is InChI=1S/C24H34O3/c1-14-9-10-18-23(3,4)11-8-12-24(18,5)19-16-13-17(25-6)22(26-7)15(2)21(16)27-20(14)19/h13-14,18H,8-12H2,1-7H3/t14?,18-,24-/m1/s1. The molecule has 0 amide bonds. The van der Waals surface area contributed by atoms with E-state index in [-0.39, 0.29) is 5.41 Å². The van der Waals surface area contributed by atoms with Crippen LogP contribution in [-0.4, -0.2) is 14.2 Å². The van der Waals surface area contributed by atoms with Gasteiger partial charge in [-0.2, -0.15) is 0 Å². The van der Waals surface area contributed by atoms with Crippen LogP contribution in [0, 0.1) is 18.3 Å². The van der Waals surface area contributed by atoms with Gasteiger partial charge in [0.1, 0.15) is 11.3 Å². The number of furan rings is 1. The summed E-state index contributed by atoms with van der Waals surface area (Å²) in [5.41, 5.74) is 3.99. The first-order valence-electron chi connectivity index (χ1n) is 10.4. The van der Waals surface area contributed by atoms with E-state index < -0.39 is 0 Å². The number of hydrogen-bond donors (Lipinski definition) is 0. The number of ether oxygens (including phenoxy) is 2. The second kappa shape index (κ2) is 6.18. The first kappa shape index (κ1) is 18.7. The summed E-state index contributed by atoms with van der Waals surface area (Å²) in [6, 6.07) is 2.16. The predicted molar refractivity (Wildman–Crippen MR) is 110 cm³/mol. The van der Waals surface area contributed by atoms with Crippen molar-refractivity contribution in [2.75, 3.05) is 14.2 Å². The molecule has 2 aliphatic rings. The highest BCUT2D eigenvalue weighted by atomic mass is 16.5. The fourth-order valence-electron chi connectivity index (χ4n) is 6.38. The summed E-state index contributed by atoms with van der Waals surface area (Å²) in [7, 11) is 3.42. The van der Waals surface area contributed by atoms with E-state index in [1.807, 2.05) is 0 Å². The van der Waals surface area contributed by atoms with E-state index in [2.05, 4.69) is 40.7 Å². The van der Waals surface area contributed by atoms with E-state index in [1.54, 1.807) is 14.2 Å². The molecule has 2 aliphatic carbocycles. The van der Waals surface area contributed by atoms with Gasteiger partial charge in [-0.25, -0.2) is 0 Å². The van der Waals surface area contributed by atoms with Crippen LogP contribution in [0.3, 0.4) is 0 Å². The van der Waals surface area contributed by atoms with E-state index in [9.17, 15) is 0 Å². The summed E-state index contributed by atoms with van der Waals surface area (Å²) in [4.78, 5) is 0. The minimum atomic E-state index is 0.152. The zero-order chi connectivity index (χ0) is 19.6. The molecule has 1 saturated carbocycles. The lowest BCUT2D eigenvalue weighted by Crippen LogP contribution is -2.44. The fraction of sp³-hybridized carbons (Fsp3) is 0.667. The van der Waals surface area contributed by atoms with Gasteiger partial charge >= 0.3 is 0 Å². The van der Waals surface area contributed by atoms with Gasteiger partial charge in [0.15, 0.2) is 11.5 Å². The van der Waals surface area contributed by atoms with Crippen LogP contribution in [0.5, 0.6) is 11.5 Å². The van der Waals surface area contributed by atoms with Gasteiger partial charge in [-0.1, -0.05) is 34.1 Å². The average Bonchev–Trinajstić information content (AvgIpc) is 2.96. The van der Waals surface area contributed by atoms with E-state index in [4.69, 9.17) is 13.9 Å². The van der Waals surface area contributed by atoms with Crippen LogP contribution in [0.25, 0.3) is 11.0 Å². The quantitative estimate of drug-likeness (QED) is 0.586. The Hall–Kier alpha value is -1.64. The van der Waals surface area contributed by atoms with E-state index in [1.165, 1.54) is 48.8 Å². The van der Waals surface area contributed by atoms with Crippen LogP contribution in [0.1, 0.15) is 82.6 Å². The molecule has 1 heterocycles. The largest absolute Gasteiger partial charge is 0.493 e. The first-order chi connectivity index (χ1) is 12.7. The molecule has 0 aliphatic heterocycles. The van der Waals surface area contributed by atoms with Gasteiger partial charge in [0, 0.05) is 22.4 Å². The molecule has 1 aromatic heterocycles. The Labute approximate surface area is 163 Å². The van der Waals surface area contributed by atoms with Crippen LogP contribution in [0.4, 0.5) is 0 Å². The van der Waals surface area contributed by atoms with Crippen molar-refractivity contribution < 1.29 is 13.9 Å². The smallest absolute Gasteiger partial charge is 0.167 e. The van der Waals surface area contributed by atoms with Crippen molar-refractivity contribution in [3.05, 3.63) is 23.0 Å². The van der Waals surface area contributed by atoms with Gasteiger partial charge in [-0.3, -0.25) is 0 Å². The predicted octanol–water partition coefficient (Wildman–Crippen LogP) is 6.74. The number of aryl methyl sites for hydroxylation is 1. The third-order valence-electron chi connectivity index (χ3n) is 7.71. The van der Waals surface area contributed by atoms with Gasteiger partial charge in [-0.15, -0.1) is 0 Å². The summed E-state index contributed by atoms with van der Waals surface area (Å²) in [6.45, 7) is 11.9. The lowest BCUT2D eigenvalue weighted by Gasteiger charge is -2.50. The maximum Gasteiger partial charge on any atom is 0.167 e. The molecular weight excluding hydrogens is 336 g/mol. The molecule has 0 radical (unpaired) electrons. The minimum absolute atomic E-state index is 0.152. The molecule has 1 fully saturated rings. The minimum Gasteiger partial charge on any atom is -0.493 e. The molecular formula is C24H34O3. The number of rotatable bonds is 2. The van der Waals surface area contributed by atoms with Crippen LogP contribution < -0.4 is 9.47 Å². The Kier molecular flexibility index (Phi) is 4.29. The molecule has 0 N–H and O–H groups in total. The van der Waals surface area contributed by atoms with E-state index in [0.717, 1.165) is 22.6 Å². The van der Waals surface area contributed by atoms with Crippen molar-refractivity contribution in [2.45, 2.75) is 78.1 Å². The van der Waals surface area contributed by atoms with Gasteiger partial charge in [0.25, 0.3) is 0 Å². The zero-order valence-corrected chi connectivity index (χ0v) is 18.0. The third kappa shape index (κ3) is 2.53. The molecule has 0 bridgehead atoms. The van der Waals surface area contributed by atoms with E-state index in [0.29, 0.717) is 17.3 Å². The molecule has 0 saturated heterocycles. The molecule has 1 unspecified atom stereocenters. The SMILES string of the molecule is COc1cc2c3c(oc2c(C)c1OC)C(C)CC[C@@H]1C(C)(C)CCC[C@@]31C. The first-order valence-corrected chi connectivity index (χ1v) is 10.4. The Bertz CT molecular complexity index is 876. The average molecular weight is 371 g/mol. The summed E-state index contributed by atoms with van der Waals surface area (Å²) >= 11 is 0.